The van der Waals surface area contributed by atoms with Crippen LogP contribution in [0.25, 0.3) is 0 Å². The molecule has 1 aromatic carbocycles. The van der Waals surface area contributed by atoms with Gasteiger partial charge in [0, 0.05) is 5.56 Å². The van der Waals surface area contributed by atoms with E-state index >= 15 is 0 Å². The normalized spacial score (nSPS) is 14.9. The van der Waals surface area contributed by atoms with Gasteiger partial charge in [0.05, 0.1) is 13.7 Å². The molecule has 1 atom stereocenters. The molecule has 0 fully saturated rings. The molecular formula is C11H16O3. The van der Waals surface area contributed by atoms with E-state index < -0.39 is 5.60 Å². The Kier molecular flexibility index (Phi) is 3.13. The molecule has 0 saturated heterocycles. The fourth-order valence-electron chi connectivity index (χ4n) is 1.43. The average Bonchev–Trinajstić information content (AvgIpc) is 2.17. The number of hydrogen-bond acceptors (Lipinski definition) is 3. The van der Waals surface area contributed by atoms with Crippen molar-refractivity contribution in [1.82, 2.24) is 0 Å². The minimum atomic E-state index is -1.25. The van der Waals surface area contributed by atoms with Crippen molar-refractivity contribution in [2.45, 2.75) is 19.4 Å². The van der Waals surface area contributed by atoms with Gasteiger partial charge < -0.3 is 14.9 Å². The molecule has 0 aliphatic carbocycles. The van der Waals surface area contributed by atoms with E-state index in [1.807, 2.05) is 19.1 Å². The van der Waals surface area contributed by atoms with Gasteiger partial charge in [0.2, 0.25) is 0 Å². The van der Waals surface area contributed by atoms with E-state index in [0.29, 0.717) is 11.3 Å². The molecule has 0 aliphatic rings. The van der Waals surface area contributed by atoms with Crippen LogP contribution in [-0.4, -0.2) is 23.9 Å². The lowest BCUT2D eigenvalue weighted by molar-refractivity contribution is -0.00409. The summed E-state index contributed by atoms with van der Waals surface area (Å²) in [5.74, 6) is 0.631. The summed E-state index contributed by atoms with van der Waals surface area (Å²) < 4.78 is 5.19. The van der Waals surface area contributed by atoms with Gasteiger partial charge >= 0.3 is 0 Å². The van der Waals surface area contributed by atoms with E-state index in [-0.39, 0.29) is 6.61 Å². The van der Waals surface area contributed by atoms with Gasteiger partial charge in [-0.05, 0) is 19.4 Å². The molecule has 0 aliphatic heterocycles. The van der Waals surface area contributed by atoms with Crippen LogP contribution < -0.4 is 4.74 Å². The predicted octanol–water partition coefficient (Wildman–Crippen LogP) is 1.20. The minimum absolute atomic E-state index is 0.327. The van der Waals surface area contributed by atoms with Gasteiger partial charge in [-0.15, -0.1) is 0 Å². The first-order chi connectivity index (χ1) is 6.53. The summed E-state index contributed by atoms with van der Waals surface area (Å²) >= 11 is 0. The van der Waals surface area contributed by atoms with Crippen molar-refractivity contribution in [1.29, 1.82) is 0 Å². The molecule has 1 unspecified atom stereocenters. The molecule has 1 rings (SSSR count). The Labute approximate surface area is 84.0 Å². The molecule has 3 heteroatoms. The molecule has 2 N–H and O–H groups in total. The van der Waals surface area contributed by atoms with E-state index in [1.54, 1.807) is 20.1 Å². The maximum absolute atomic E-state index is 9.90. The SMILES string of the molecule is COc1c(C)cccc1C(C)(O)CO. The van der Waals surface area contributed by atoms with Crippen molar-refractivity contribution in [3.05, 3.63) is 29.3 Å². The minimum Gasteiger partial charge on any atom is -0.496 e. The first-order valence-corrected chi connectivity index (χ1v) is 4.50. The number of ether oxygens (including phenoxy) is 1. The van der Waals surface area contributed by atoms with E-state index in [1.165, 1.54) is 0 Å². The second-order valence-electron chi connectivity index (χ2n) is 3.59. The molecule has 3 nitrogen and oxygen atoms in total. The molecule has 1 aromatic rings. The lowest BCUT2D eigenvalue weighted by atomic mass is 9.94. The summed E-state index contributed by atoms with van der Waals surface area (Å²) in [6.45, 7) is 3.13. The molecule has 0 radical (unpaired) electrons. The zero-order chi connectivity index (χ0) is 10.8. The van der Waals surface area contributed by atoms with Crippen LogP contribution in [0.3, 0.4) is 0 Å². The van der Waals surface area contributed by atoms with Crippen molar-refractivity contribution in [2.75, 3.05) is 13.7 Å². The highest BCUT2D eigenvalue weighted by Gasteiger charge is 2.26. The van der Waals surface area contributed by atoms with Crippen LogP contribution in [0.4, 0.5) is 0 Å². The van der Waals surface area contributed by atoms with Crippen LogP contribution in [0.5, 0.6) is 5.75 Å². The second-order valence-corrected chi connectivity index (χ2v) is 3.59. The van der Waals surface area contributed by atoms with Crippen molar-refractivity contribution < 1.29 is 14.9 Å². The number of para-hydroxylation sites is 1. The first kappa shape index (κ1) is 11.0. The second kappa shape index (κ2) is 3.98. The van der Waals surface area contributed by atoms with Gasteiger partial charge in [0.1, 0.15) is 11.4 Å². The number of methoxy groups -OCH3 is 1. The van der Waals surface area contributed by atoms with Crippen LogP contribution in [0.2, 0.25) is 0 Å². The van der Waals surface area contributed by atoms with E-state index in [2.05, 4.69) is 0 Å². The van der Waals surface area contributed by atoms with Crippen LogP contribution in [0, 0.1) is 6.92 Å². The molecule has 0 bridgehead atoms. The van der Waals surface area contributed by atoms with E-state index in [9.17, 15) is 5.11 Å². The Morgan fingerprint density at radius 3 is 2.57 bits per heavy atom. The largest absolute Gasteiger partial charge is 0.496 e. The van der Waals surface area contributed by atoms with Gasteiger partial charge in [-0.2, -0.15) is 0 Å². The molecule has 0 amide bonds. The molecular weight excluding hydrogens is 180 g/mol. The number of benzene rings is 1. The standard InChI is InChI=1S/C11H16O3/c1-8-5-4-6-9(10(8)14-3)11(2,13)7-12/h4-6,12-13H,7H2,1-3H3. The maximum atomic E-state index is 9.90. The maximum Gasteiger partial charge on any atom is 0.127 e. The topological polar surface area (TPSA) is 49.7 Å². The fraction of sp³-hybridized carbons (Fsp3) is 0.455. The highest BCUT2D eigenvalue weighted by atomic mass is 16.5. The van der Waals surface area contributed by atoms with Gasteiger partial charge in [-0.1, -0.05) is 18.2 Å². The van der Waals surface area contributed by atoms with E-state index in [4.69, 9.17) is 9.84 Å². The Balaban J connectivity index is 3.27. The summed E-state index contributed by atoms with van der Waals surface area (Å²) in [5.41, 5.74) is 0.304. The van der Waals surface area contributed by atoms with E-state index in [0.717, 1.165) is 5.56 Å². The number of aliphatic hydroxyl groups excluding tert-OH is 1. The number of hydrogen-bond donors (Lipinski definition) is 2. The van der Waals surface area contributed by atoms with Gasteiger partial charge in [0.15, 0.2) is 0 Å². The quantitative estimate of drug-likeness (QED) is 0.763. The molecule has 0 spiro atoms. The lowest BCUT2D eigenvalue weighted by Gasteiger charge is -2.24. The van der Waals surface area contributed by atoms with Gasteiger partial charge in [0.25, 0.3) is 0 Å². The number of rotatable bonds is 3. The van der Waals surface area contributed by atoms with Crippen LogP contribution in [-0.2, 0) is 5.60 Å². The van der Waals surface area contributed by atoms with Crippen molar-refractivity contribution in [3.63, 3.8) is 0 Å². The summed E-state index contributed by atoms with van der Waals surface area (Å²) in [7, 11) is 1.55. The molecule has 0 saturated carbocycles. The van der Waals surface area contributed by atoms with Gasteiger partial charge in [-0.3, -0.25) is 0 Å². The first-order valence-electron chi connectivity index (χ1n) is 4.50. The molecule has 14 heavy (non-hydrogen) atoms. The van der Waals surface area contributed by atoms with Crippen LogP contribution in [0.15, 0.2) is 18.2 Å². The van der Waals surface area contributed by atoms with Crippen LogP contribution >= 0.6 is 0 Å². The summed E-state index contributed by atoms with van der Waals surface area (Å²) in [6.07, 6.45) is 0. The smallest absolute Gasteiger partial charge is 0.127 e. The third kappa shape index (κ3) is 1.89. The highest BCUT2D eigenvalue weighted by molar-refractivity contribution is 5.43. The Morgan fingerprint density at radius 2 is 2.07 bits per heavy atom. The lowest BCUT2D eigenvalue weighted by Crippen LogP contribution is -2.26. The van der Waals surface area contributed by atoms with Crippen molar-refractivity contribution in [2.24, 2.45) is 0 Å². The Morgan fingerprint density at radius 1 is 1.43 bits per heavy atom. The number of aliphatic hydroxyl groups is 2. The Hall–Kier alpha value is -1.06. The molecule has 0 aromatic heterocycles. The van der Waals surface area contributed by atoms with Gasteiger partial charge in [-0.25, -0.2) is 0 Å². The summed E-state index contributed by atoms with van der Waals surface area (Å²) in [6, 6.07) is 5.48. The zero-order valence-corrected chi connectivity index (χ0v) is 8.74. The van der Waals surface area contributed by atoms with Crippen molar-refractivity contribution in [3.8, 4) is 5.75 Å². The third-order valence-electron chi connectivity index (χ3n) is 2.30. The molecule has 78 valence electrons. The average molecular weight is 196 g/mol. The summed E-state index contributed by atoms with van der Waals surface area (Å²) in [5, 5.41) is 19.0. The number of aryl methyl sites for hydroxylation is 1. The Bertz CT molecular complexity index is 318. The molecule has 0 heterocycles. The zero-order valence-electron chi connectivity index (χ0n) is 8.74. The monoisotopic (exact) mass is 196 g/mol. The highest BCUT2D eigenvalue weighted by Crippen LogP contribution is 2.31. The predicted molar refractivity (Wildman–Crippen MR) is 54.4 cm³/mol. The fourth-order valence-corrected chi connectivity index (χ4v) is 1.43. The summed E-state index contributed by atoms with van der Waals surface area (Å²) in [4.78, 5) is 0. The van der Waals surface area contributed by atoms with Crippen molar-refractivity contribution >= 4 is 0 Å². The van der Waals surface area contributed by atoms with Crippen LogP contribution in [0.1, 0.15) is 18.1 Å². The third-order valence-corrected chi connectivity index (χ3v) is 2.30.